The van der Waals surface area contributed by atoms with Gasteiger partial charge in [0.1, 0.15) is 5.69 Å². The van der Waals surface area contributed by atoms with Crippen molar-refractivity contribution >= 4 is 15.9 Å². The van der Waals surface area contributed by atoms with E-state index in [1.165, 1.54) is 6.07 Å². The van der Waals surface area contributed by atoms with Gasteiger partial charge in [-0.2, -0.15) is 0 Å². The number of aliphatic hydroxyl groups excluding tert-OH is 1. The van der Waals surface area contributed by atoms with Gasteiger partial charge in [-0.3, -0.25) is 0 Å². The van der Waals surface area contributed by atoms with E-state index in [0.29, 0.717) is 4.47 Å². The highest BCUT2D eigenvalue weighted by atomic mass is 79.9. The van der Waals surface area contributed by atoms with Crippen LogP contribution in [0.3, 0.4) is 0 Å². The number of nitrogens with zero attached hydrogens (tertiary/aromatic N) is 1. The van der Waals surface area contributed by atoms with Gasteiger partial charge in [0.05, 0.1) is 12.3 Å². The summed E-state index contributed by atoms with van der Waals surface area (Å²) in [5.74, 6) is 0. The molecule has 1 heterocycles. The van der Waals surface area contributed by atoms with Crippen molar-refractivity contribution in [3.05, 3.63) is 27.5 Å². The molecule has 0 atom stereocenters. The highest BCUT2D eigenvalue weighted by Gasteiger charge is 2.17. The molecule has 0 saturated carbocycles. The summed E-state index contributed by atoms with van der Waals surface area (Å²) in [6.07, 6.45) is -2.68. The summed E-state index contributed by atoms with van der Waals surface area (Å²) in [5, 5.41) is 8.77. The molecule has 0 radical (unpaired) electrons. The zero-order chi connectivity index (χ0) is 10.7. The molecule has 14 heavy (non-hydrogen) atoms. The van der Waals surface area contributed by atoms with Crippen molar-refractivity contribution < 1.29 is 13.9 Å². The van der Waals surface area contributed by atoms with Crippen molar-refractivity contribution in [3.8, 4) is 0 Å². The van der Waals surface area contributed by atoms with Gasteiger partial charge in [0.15, 0.2) is 0 Å². The van der Waals surface area contributed by atoms with E-state index in [-0.39, 0.29) is 30.1 Å². The molecule has 0 aliphatic carbocycles. The van der Waals surface area contributed by atoms with E-state index in [0.717, 1.165) is 0 Å². The average molecular weight is 267 g/mol. The third-order valence-electron chi connectivity index (χ3n) is 1.73. The molecule has 0 bridgehead atoms. The molecule has 0 amide bonds. The average Bonchev–Trinajstić information content (AvgIpc) is 2.16. The lowest BCUT2D eigenvalue weighted by Crippen LogP contribution is -2.07. The fraction of sp³-hybridized carbons (Fsp3) is 0.375. The lowest BCUT2D eigenvalue weighted by molar-refractivity contribution is 0.143. The largest absolute Gasteiger partial charge is 0.390 e. The molecular formula is C8H9BrF2N2O. The van der Waals surface area contributed by atoms with Crippen LogP contribution in [0.4, 0.5) is 8.78 Å². The van der Waals surface area contributed by atoms with Crippen LogP contribution >= 0.6 is 15.9 Å². The third kappa shape index (κ3) is 2.26. The second kappa shape index (κ2) is 4.77. The molecule has 3 N–H and O–H groups in total. The summed E-state index contributed by atoms with van der Waals surface area (Å²) in [5.41, 5.74) is 5.42. The van der Waals surface area contributed by atoms with Crippen LogP contribution in [0.2, 0.25) is 0 Å². The first-order valence-corrected chi connectivity index (χ1v) is 4.66. The first kappa shape index (κ1) is 11.5. The van der Waals surface area contributed by atoms with Crippen molar-refractivity contribution in [1.29, 1.82) is 0 Å². The molecule has 1 rings (SSSR count). The van der Waals surface area contributed by atoms with Crippen molar-refractivity contribution in [2.75, 3.05) is 0 Å². The molecule has 1 aromatic rings. The van der Waals surface area contributed by atoms with Gasteiger partial charge < -0.3 is 10.8 Å². The van der Waals surface area contributed by atoms with E-state index in [1.54, 1.807) is 0 Å². The minimum atomic E-state index is -2.68. The van der Waals surface area contributed by atoms with E-state index in [9.17, 15) is 8.78 Å². The molecule has 0 unspecified atom stereocenters. The fourth-order valence-corrected chi connectivity index (χ4v) is 1.70. The molecule has 0 saturated heterocycles. The Hall–Kier alpha value is -0.590. The zero-order valence-corrected chi connectivity index (χ0v) is 8.76. The first-order valence-electron chi connectivity index (χ1n) is 3.87. The molecule has 0 aromatic carbocycles. The van der Waals surface area contributed by atoms with Crippen LogP contribution < -0.4 is 5.73 Å². The van der Waals surface area contributed by atoms with Crippen LogP contribution in [0, 0.1) is 0 Å². The van der Waals surface area contributed by atoms with Crippen LogP contribution in [0.1, 0.15) is 23.4 Å². The molecule has 1 aromatic heterocycles. The number of pyridine rings is 1. The van der Waals surface area contributed by atoms with Gasteiger partial charge in [-0.1, -0.05) is 15.9 Å². The van der Waals surface area contributed by atoms with Crippen LogP contribution in [-0.2, 0) is 13.2 Å². The Bertz CT molecular complexity index is 333. The van der Waals surface area contributed by atoms with E-state index >= 15 is 0 Å². The van der Waals surface area contributed by atoms with E-state index in [4.69, 9.17) is 10.8 Å². The normalized spacial score (nSPS) is 11.0. The Kier molecular flexibility index (Phi) is 3.91. The molecular weight excluding hydrogens is 258 g/mol. The molecule has 3 nitrogen and oxygen atoms in total. The van der Waals surface area contributed by atoms with Crippen LogP contribution in [-0.4, -0.2) is 10.1 Å². The number of hydrogen-bond acceptors (Lipinski definition) is 3. The molecule has 0 fully saturated rings. The fourth-order valence-electron chi connectivity index (χ4n) is 1.07. The standard InChI is InChI=1S/C8H9BrF2N2O/c9-6-1-4(3-14)13-7(8(10)11)5(6)2-12/h1,8,14H,2-3,12H2. The number of hydrogen-bond donors (Lipinski definition) is 2. The van der Waals surface area contributed by atoms with Crippen LogP contribution in [0.15, 0.2) is 10.5 Å². The Morgan fingerprint density at radius 2 is 2.21 bits per heavy atom. The highest BCUT2D eigenvalue weighted by molar-refractivity contribution is 9.10. The lowest BCUT2D eigenvalue weighted by Gasteiger charge is -2.09. The maximum Gasteiger partial charge on any atom is 0.280 e. The minimum Gasteiger partial charge on any atom is -0.390 e. The maximum atomic E-state index is 12.5. The van der Waals surface area contributed by atoms with Crippen molar-refractivity contribution in [2.45, 2.75) is 19.6 Å². The Morgan fingerprint density at radius 1 is 1.57 bits per heavy atom. The van der Waals surface area contributed by atoms with E-state index < -0.39 is 6.43 Å². The number of nitrogens with two attached hydrogens (primary N) is 1. The zero-order valence-electron chi connectivity index (χ0n) is 7.17. The Balaban J connectivity index is 3.28. The van der Waals surface area contributed by atoms with Crippen molar-refractivity contribution in [3.63, 3.8) is 0 Å². The second-order valence-corrected chi connectivity index (χ2v) is 3.48. The molecule has 0 aliphatic heterocycles. The van der Waals surface area contributed by atoms with E-state index in [1.807, 2.05) is 0 Å². The lowest BCUT2D eigenvalue weighted by atomic mass is 10.2. The van der Waals surface area contributed by atoms with Crippen LogP contribution in [0.25, 0.3) is 0 Å². The predicted molar refractivity (Wildman–Crippen MR) is 50.7 cm³/mol. The van der Waals surface area contributed by atoms with Gasteiger partial charge in [-0.25, -0.2) is 13.8 Å². The van der Waals surface area contributed by atoms with Gasteiger partial charge in [-0.05, 0) is 6.07 Å². The van der Waals surface area contributed by atoms with Gasteiger partial charge in [0, 0.05) is 16.6 Å². The van der Waals surface area contributed by atoms with E-state index in [2.05, 4.69) is 20.9 Å². The number of halogens is 3. The molecule has 6 heteroatoms. The van der Waals surface area contributed by atoms with Gasteiger partial charge in [0.2, 0.25) is 0 Å². The summed E-state index contributed by atoms with van der Waals surface area (Å²) >= 11 is 3.10. The summed E-state index contributed by atoms with van der Waals surface area (Å²) in [7, 11) is 0. The molecule has 0 spiro atoms. The molecule has 78 valence electrons. The molecule has 0 aliphatic rings. The maximum absolute atomic E-state index is 12.5. The Morgan fingerprint density at radius 3 is 2.64 bits per heavy atom. The van der Waals surface area contributed by atoms with Gasteiger partial charge >= 0.3 is 0 Å². The number of alkyl halides is 2. The summed E-state index contributed by atoms with van der Waals surface area (Å²) in [4.78, 5) is 3.61. The quantitative estimate of drug-likeness (QED) is 0.876. The number of aromatic nitrogens is 1. The SMILES string of the molecule is NCc1c(Br)cc(CO)nc1C(F)F. The third-order valence-corrected chi connectivity index (χ3v) is 2.44. The number of rotatable bonds is 3. The monoisotopic (exact) mass is 266 g/mol. The number of aliphatic hydroxyl groups is 1. The second-order valence-electron chi connectivity index (χ2n) is 2.62. The topological polar surface area (TPSA) is 59.1 Å². The van der Waals surface area contributed by atoms with Gasteiger partial charge in [0.25, 0.3) is 6.43 Å². The van der Waals surface area contributed by atoms with Gasteiger partial charge in [-0.15, -0.1) is 0 Å². The van der Waals surface area contributed by atoms with Crippen LogP contribution in [0.5, 0.6) is 0 Å². The highest BCUT2D eigenvalue weighted by Crippen LogP contribution is 2.27. The summed E-state index contributed by atoms with van der Waals surface area (Å²) in [6, 6.07) is 1.48. The Labute approximate surface area is 88.1 Å². The minimum absolute atomic E-state index is 0.0149. The van der Waals surface area contributed by atoms with Crippen molar-refractivity contribution in [1.82, 2.24) is 4.98 Å². The van der Waals surface area contributed by atoms with Crippen molar-refractivity contribution in [2.24, 2.45) is 5.73 Å². The summed E-state index contributed by atoms with van der Waals surface area (Å²) in [6.45, 7) is -0.387. The summed E-state index contributed by atoms with van der Waals surface area (Å²) < 4.78 is 25.4. The first-order chi connectivity index (χ1) is 6.60. The smallest absolute Gasteiger partial charge is 0.280 e. The predicted octanol–water partition coefficient (Wildman–Crippen LogP) is 1.73.